The van der Waals surface area contributed by atoms with Gasteiger partial charge in [-0.15, -0.1) is 0 Å². The number of aryl methyl sites for hydroxylation is 3. The standard InChI is InChI=1S/C23H37N/c1-10-11-12-22-18(7)13-19(8)23(24-22)20(9)21(16(4)5)14-17(6)15(2)3/h13-15,20H,10-12H2,1-9H3. The minimum absolute atomic E-state index is 0.338. The zero-order chi connectivity index (χ0) is 18.4. The predicted octanol–water partition coefficient (Wildman–Crippen LogP) is 7.08. The van der Waals surface area contributed by atoms with Gasteiger partial charge in [-0.1, -0.05) is 57.4 Å². The number of rotatable bonds is 7. The molecule has 1 unspecified atom stereocenters. The van der Waals surface area contributed by atoms with Crippen molar-refractivity contribution < 1.29 is 0 Å². The molecule has 1 nitrogen and oxygen atoms in total. The number of allylic oxidation sites excluding steroid dienone is 4. The Morgan fingerprint density at radius 3 is 2.21 bits per heavy atom. The van der Waals surface area contributed by atoms with Gasteiger partial charge >= 0.3 is 0 Å². The largest absolute Gasteiger partial charge is 0.257 e. The second-order valence-electron chi connectivity index (χ2n) is 7.78. The average Bonchev–Trinajstić information content (AvgIpc) is 2.50. The summed E-state index contributed by atoms with van der Waals surface area (Å²) in [6.07, 6.45) is 5.91. The molecule has 0 N–H and O–H groups in total. The molecule has 0 aliphatic heterocycles. The van der Waals surface area contributed by atoms with E-state index in [0.29, 0.717) is 11.8 Å². The van der Waals surface area contributed by atoms with Crippen molar-refractivity contribution in [3.05, 3.63) is 51.4 Å². The lowest BCUT2D eigenvalue weighted by Gasteiger charge is -2.20. The van der Waals surface area contributed by atoms with Crippen LogP contribution in [0.5, 0.6) is 0 Å². The number of nitrogens with zero attached hydrogens (tertiary/aromatic N) is 1. The Balaban J connectivity index is 3.32. The Bertz CT molecular complexity index is 613. The molecule has 0 bridgehead atoms. The van der Waals surface area contributed by atoms with Gasteiger partial charge in [-0.05, 0) is 70.1 Å². The van der Waals surface area contributed by atoms with Crippen LogP contribution < -0.4 is 0 Å². The highest BCUT2D eigenvalue weighted by molar-refractivity contribution is 5.40. The van der Waals surface area contributed by atoms with E-state index in [0.717, 1.165) is 6.42 Å². The first-order chi connectivity index (χ1) is 11.2. The molecule has 0 spiro atoms. The molecule has 24 heavy (non-hydrogen) atoms. The fraction of sp³-hybridized carbons (Fsp3) is 0.609. The maximum absolute atomic E-state index is 5.10. The monoisotopic (exact) mass is 327 g/mol. The summed E-state index contributed by atoms with van der Waals surface area (Å²) in [6, 6.07) is 2.32. The highest BCUT2D eigenvalue weighted by atomic mass is 14.7. The third kappa shape index (κ3) is 5.33. The molecule has 1 aromatic heterocycles. The molecule has 1 atom stereocenters. The Morgan fingerprint density at radius 1 is 1.08 bits per heavy atom. The maximum atomic E-state index is 5.10. The van der Waals surface area contributed by atoms with E-state index in [1.54, 1.807) is 0 Å². The lowest BCUT2D eigenvalue weighted by Crippen LogP contribution is -2.08. The second-order valence-corrected chi connectivity index (χ2v) is 7.78. The molecular formula is C23H37N. The van der Waals surface area contributed by atoms with Gasteiger partial charge in [0.1, 0.15) is 0 Å². The number of aromatic nitrogens is 1. The van der Waals surface area contributed by atoms with E-state index in [1.165, 1.54) is 52.1 Å². The van der Waals surface area contributed by atoms with Gasteiger partial charge < -0.3 is 0 Å². The van der Waals surface area contributed by atoms with Gasteiger partial charge in [0.25, 0.3) is 0 Å². The molecule has 0 fully saturated rings. The van der Waals surface area contributed by atoms with Gasteiger partial charge in [-0.25, -0.2) is 0 Å². The fourth-order valence-electron chi connectivity index (χ4n) is 3.10. The van der Waals surface area contributed by atoms with Crippen LogP contribution in [0.2, 0.25) is 0 Å². The molecule has 0 saturated heterocycles. The van der Waals surface area contributed by atoms with Crippen molar-refractivity contribution in [2.45, 2.75) is 87.5 Å². The van der Waals surface area contributed by atoms with Crippen molar-refractivity contribution in [2.24, 2.45) is 5.92 Å². The normalized spacial score (nSPS) is 13.3. The summed E-state index contributed by atoms with van der Waals surface area (Å²) < 4.78 is 0. The first-order valence-electron chi connectivity index (χ1n) is 9.51. The number of unbranched alkanes of at least 4 members (excludes halogenated alkanes) is 1. The lowest BCUT2D eigenvalue weighted by atomic mass is 9.88. The molecule has 1 rings (SSSR count). The van der Waals surface area contributed by atoms with Crippen molar-refractivity contribution in [3.63, 3.8) is 0 Å². The van der Waals surface area contributed by atoms with Crippen molar-refractivity contribution >= 4 is 0 Å². The number of hydrogen-bond donors (Lipinski definition) is 0. The van der Waals surface area contributed by atoms with Gasteiger partial charge in [-0.3, -0.25) is 4.98 Å². The number of pyridine rings is 1. The van der Waals surface area contributed by atoms with Crippen LogP contribution in [0.1, 0.15) is 89.7 Å². The van der Waals surface area contributed by atoms with Crippen LogP contribution in [0.4, 0.5) is 0 Å². The van der Waals surface area contributed by atoms with E-state index in [4.69, 9.17) is 4.98 Å². The van der Waals surface area contributed by atoms with E-state index in [-0.39, 0.29) is 0 Å². The zero-order valence-corrected chi connectivity index (χ0v) is 17.4. The Kier molecular flexibility index (Phi) is 7.93. The van der Waals surface area contributed by atoms with Crippen molar-refractivity contribution in [3.8, 4) is 0 Å². The molecule has 0 aliphatic rings. The van der Waals surface area contributed by atoms with Crippen molar-refractivity contribution in [1.82, 2.24) is 4.98 Å². The summed E-state index contributed by atoms with van der Waals surface area (Å²) in [7, 11) is 0. The minimum atomic E-state index is 0.338. The third-order valence-corrected chi connectivity index (χ3v) is 5.06. The summed E-state index contributed by atoms with van der Waals surface area (Å²) in [4.78, 5) is 5.10. The molecule has 1 heterocycles. The van der Waals surface area contributed by atoms with Crippen LogP contribution in [-0.4, -0.2) is 4.98 Å². The molecule has 0 aromatic carbocycles. The van der Waals surface area contributed by atoms with Gasteiger partial charge in [0.2, 0.25) is 0 Å². The summed E-state index contributed by atoms with van der Waals surface area (Å²) in [5.41, 5.74) is 9.42. The Labute approximate surface area is 150 Å². The molecule has 0 radical (unpaired) electrons. The lowest BCUT2D eigenvalue weighted by molar-refractivity contribution is 0.743. The average molecular weight is 328 g/mol. The highest BCUT2D eigenvalue weighted by Gasteiger charge is 2.17. The van der Waals surface area contributed by atoms with Crippen molar-refractivity contribution in [2.75, 3.05) is 0 Å². The first-order valence-corrected chi connectivity index (χ1v) is 9.51. The van der Waals surface area contributed by atoms with Gasteiger partial charge in [0.05, 0.1) is 5.69 Å². The fourth-order valence-corrected chi connectivity index (χ4v) is 3.10. The van der Waals surface area contributed by atoms with Crippen LogP contribution >= 0.6 is 0 Å². The quantitative estimate of drug-likeness (QED) is 0.487. The van der Waals surface area contributed by atoms with Crippen molar-refractivity contribution in [1.29, 1.82) is 0 Å². The summed E-state index contributed by atoms with van der Waals surface area (Å²) in [5.74, 6) is 0.920. The van der Waals surface area contributed by atoms with Gasteiger partial charge in [-0.2, -0.15) is 0 Å². The van der Waals surface area contributed by atoms with Crippen LogP contribution in [0.25, 0.3) is 0 Å². The molecule has 0 amide bonds. The number of hydrogen-bond acceptors (Lipinski definition) is 1. The molecule has 0 aliphatic carbocycles. The predicted molar refractivity (Wildman–Crippen MR) is 108 cm³/mol. The molecule has 1 aromatic rings. The highest BCUT2D eigenvalue weighted by Crippen LogP contribution is 2.31. The summed E-state index contributed by atoms with van der Waals surface area (Å²) in [6.45, 7) is 20.2. The molecule has 134 valence electrons. The van der Waals surface area contributed by atoms with E-state index in [2.05, 4.69) is 74.5 Å². The third-order valence-electron chi connectivity index (χ3n) is 5.06. The SMILES string of the molecule is CCCCc1nc(C(C)C(C=C(C)C(C)C)=C(C)C)c(C)cc1C. The van der Waals surface area contributed by atoms with Crippen LogP contribution in [0.3, 0.4) is 0 Å². The van der Waals surface area contributed by atoms with E-state index in [9.17, 15) is 0 Å². The maximum Gasteiger partial charge on any atom is 0.0508 e. The van der Waals surface area contributed by atoms with E-state index < -0.39 is 0 Å². The summed E-state index contributed by atoms with van der Waals surface area (Å²) >= 11 is 0. The Hall–Kier alpha value is -1.37. The van der Waals surface area contributed by atoms with Gasteiger partial charge in [0.15, 0.2) is 0 Å². The van der Waals surface area contributed by atoms with Gasteiger partial charge in [0, 0.05) is 11.6 Å². The second kappa shape index (κ2) is 9.20. The topological polar surface area (TPSA) is 12.9 Å². The first kappa shape index (κ1) is 20.7. The van der Waals surface area contributed by atoms with Crippen LogP contribution in [-0.2, 0) is 6.42 Å². The van der Waals surface area contributed by atoms with Crippen LogP contribution in [0.15, 0.2) is 28.9 Å². The van der Waals surface area contributed by atoms with E-state index >= 15 is 0 Å². The minimum Gasteiger partial charge on any atom is -0.257 e. The molecular weight excluding hydrogens is 290 g/mol. The van der Waals surface area contributed by atoms with E-state index in [1.807, 2.05) is 0 Å². The van der Waals surface area contributed by atoms with Crippen LogP contribution in [0, 0.1) is 19.8 Å². The molecule has 0 saturated carbocycles. The Morgan fingerprint density at radius 2 is 1.71 bits per heavy atom. The zero-order valence-electron chi connectivity index (χ0n) is 17.4. The molecule has 1 heteroatoms. The smallest absolute Gasteiger partial charge is 0.0508 e. The summed E-state index contributed by atoms with van der Waals surface area (Å²) in [5, 5.41) is 0.